The first kappa shape index (κ1) is 9.30. The van der Waals surface area contributed by atoms with E-state index in [9.17, 15) is 9.59 Å². The number of amides is 2. The van der Waals surface area contributed by atoms with Crippen LogP contribution in [-0.2, 0) is 9.53 Å². The lowest BCUT2D eigenvalue weighted by Crippen LogP contribution is -2.44. The normalized spacial score (nSPS) is 26.3. The van der Waals surface area contributed by atoms with Crippen LogP contribution in [0.3, 0.4) is 0 Å². The highest BCUT2D eigenvalue weighted by atomic mass is 16.5. The lowest BCUT2D eigenvalue weighted by atomic mass is 10.2. The minimum absolute atomic E-state index is 0.0952. The van der Waals surface area contributed by atoms with E-state index in [0.29, 0.717) is 13.0 Å². The number of carbonyl (C=O) groups excluding carboxylic acids is 2. The zero-order chi connectivity index (χ0) is 10.1. The van der Waals surface area contributed by atoms with Crippen molar-refractivity contribution in [3.8, 4) is 0 Å². The molecule has 1 aliphatic carbocycles. The molecular formula is C9H14N2O3. The molecule has 14 heavy (non-hydrogen) atoms. The maximum Gasteiger partial charge on any atom is 0.329 e. The third-order valence-electron chi connectivity index (χ3n) is 2.62. The summed E-state index contributed by atoms with van der Waals surface area (Å²) in [5.41, 5.74) is 5.15. The molecule has 1 aliphatic heterocycles. The predicted molar refractivity (Wildman–Crippen MR) is 48.4 cm³/mol. The van der Waals surface area contributed by atoms with Gasteiger partial charge in [-0.1, -0.05) is 0 Å². The molecule has 1 saturated carbocycles. The van der Waals surface area contributed by atoms with Crippen LogP contribution >= 0.6 is 0 Å². The molecule has 5 heteroatoms. The van der Waals surface area contributed by atoms with Gasteiger partial charge in [0.1, 0.15) is 12.1 Å². The molecule has 0 aromatic carbocycles. The van der Waals surface area contributed by atoms with Crippen LogP contribution in [0, 0.1) is 0 Å². The number of likely N-dealkylation sites (tertiary alicyclic amines) is 1. The van der Waals surface area contributed by atoms with Gasteiger partial charge >= 0.3 is 12.0 Å². The van der Waals surface area contributed by atoms with Crippen molar-refractivity contribution < 1.29 is 14.3 Å². The monoisotopic (exact) mass is 198 g/mol. The van der Waals surface area contributed by atoms with Crippen molar-refractivity contribution in [1.29, 1.82) is 0 Å². The van der Waals surface area contributed by atoms with E-state index in [2.05, 4.69) is 0 Å². The second-order valence-electron chi connectivity index (χ2n) is 3.83. The van der Waals surface area contributed by atoms with Gasteiger partial charge in [0.2, 0.25) is 0 Å². The number of carbonyl (C=O) groups is 2. The molecule has 1 saturated heterocycles. The number of hydrogen-bond acceptors (Lipinski definition) is 3. The van der Waals surface area contributed by atoms with Crippen LogP contribution in [0.5, 0.6) is 0 Å². The van der Waals surface area contributed by atoms with Crippen molar-refractivity contribution in [3.63, 3.8) is 0 Å². The molecule has 0 spiro atoms. The number of urea groups is 1. The molecule has 1 atom stereocenters. The number of esters is 1. The van der Waals surface area contributed by atoms with Gasteiger partial charge in [0, 0.05) is 6.54 Å². The Morgan fingerprint density at radius 1 is 1.29 bits per heavy atom. The fourth-order valence-corrected chi connectivity index (χ4v) is 1.70. The first-order chi connectivity index (χ1) is 6.68. The Morgan fingerprint density at radius 3 is 2.57 bits per heavy atom. The van der Waals surface area contributed by atoms with Gasteiger partial charge in [-0.2, -0.15) is 0 Å². The van der Waals surface area contributed by atoms with Crippen LogP contribution in [0.2, 0.25) is 0 Å². The Labute approximate surface area is 82.2 Å². The highest BCUT2D eigenvalue weighted by Gasteiger charge is 2.37. The Hall–Kier alpha value is -1.26. The van der Waals surface area contributed by atoms with Crippen molar-refractivity contribution in [1.82, 2.24) is 4.90 Å². The maximum atomic E-state index is 11.5. The molecule has 2 amide bonds. The molecule has 0 aromatic rings. The Balaban J connectivity index is 1.93. The second-order valence-corrected chi connectivity index (χ2v) is 3.83. The Kier molecular flexibility index (Phi) is 2.31. The van der Waals surface area contributed by atoms with Gasteiger partial charge in [-0.05, 0) is 25.7 Å². The number of ether oxygens (including phenoxy) is 1. The highest BCUT2D eigenvalue weighted by molar-refractivity contribution is 5.83. The molecule has 1 unspecified atom stereocenters. The summed E-state index contributed by atoms with van der Waals surface area (Å²) in [7, 11) is 0. The minimum Gasteiger partial charge on any atom is -0.461 e. The summed E-state index contributed by atoms with van der Waals surface area (Å²) in [4.78, 5) is 23.9. The summed E-state index contributed by atoms with van der Waals surface area (Å²) in [6, 6.07) is -0.964. The third kappa shape index (κ3) is 1.81. The lowest BCUT2D eigenvalue weighted by molar-refractivity contribution is -0.149. The van der Waals surface area contributed by atoms with Gasteiger partial charge in [-0.25, -0.2) is 9.59 Å². The van der Waals surface area contributed by atoms with Crippen LogP contribution in [0.4, 0.5) is 4.79 Å². The highest BCUT2D eigenvalue weighted by Crippen LogP contribution is 2.26. The number of hydrogen-bond donors (Lipinski definition) is 1. The number of nitrogens with two attached hydrogens (primary N) is 1. The van der Waals surface area contributed by atoms with Gasteiger partial charge in [0.15, 0.2) is 0 Å². The lowest BCUT2D eigenvalue weighted by Gasteiger charge is -2.20. The molecule has 5 nitrogen and oxygen atoms in total. The maximum absolute atomic E-state index is 11.5. The summed E-state index contributed by atoms with van der Waals surface area (Å²) >= 11 is 0. The minimum atomic E-state index is -0.528. The summed E-state index contributed by atoms with van der Waals surface area (Å²) < 4.78 is 5.14. The molecule has 2 N–H and O–H groups in total. The Morgan fingerprint density at radius 2 is 2.00 bits per heavy atom. The molecule has 78 valence electrons. The smallest absolute Gasteiger partial charge is 0.329 e. The van der Waals surface area contributed by atoms with Crippen LogP contribution in [0.15, 0.2) is 0 Å². The van der Waals surface area contributed by atoms with E-state index in [4.69, 9.17) is 10.5 Å². The zero-order valence-electron chi connectivity index (χ0n) is 7.94. The van der Waals surface area contributed by atoms with Gasteiger partial charge in [-0.3, -0.25) is 0 Å². The summed E-state index contributed by atoms with van der Waals surface area (Å²) in [5.74, 6) is -0.288. The van der Waals surface area contributed by atoms with Gasteiger partial charge in [0.05, 0.1) is 0 Å². The van der Waals surface area contributed by atoms with Crippen LogP contribution in [-0.4, -0.2) is 35.6 Å². The topological polar surface area (TPSA) is 72.6 Å². The summed E-state index contributed by atoms with van der Waals surface area (Å²) in [6.45, 7) is 0.569. The Bertz CT molecular complexity index is 263. The SMILES string of the molecule is NC(=O)N1CCCC1C(=O)OC1CC1. The second kappa shape index (κ2) is 3.48. The van der Waals surface area contributed by atoms with Gasteiger partial charge in [-0.15, -0.1) is 0 Å². The molecule has 0 bridgehead atoms. The van der Waals surface area contributed by atoms with Crippen LogP contribution in [0.1, 0.15) is 25.7 Å². The standard InChI is InChI=1S/C9H14N2O3/c10-9(13)11-5-1-2-7(11)8(12)14-6-3-4-6/h6-7H,1-5H2,(H2,10,13). The summed E-state index contributed by atoms with van der Waals surface area (Å²) in [6.07, 6.45) is 3.50. The third-order valence-corrected chi connectivity index (χ3v) is 2.62. The average molecular weight is 198 g/mol. The van der Waals surface area contributed by atoms with Crippen molar-refractivity contribution in [2.75, 3.05) is 6.54 Å². The van der Waals surface area contributed by atoms with Crippen molar-refractivity contribution >= 4 is 12.0 Å². The predicted octanol–water partition coefficient (Wildman–Crippen LogP) is 0.235. The first-order valence-corrected chi connectivity index (χ1v) is 4.95. The van der Waals surface area contributed by atoms with E-state index >= 15 is 0 Å². The summed E-state index contributed by atoms with van der Waals surface area (Å²) in [5, 5.41) is 0. The fraction of sp³-hybridized carbons (Fsp3) is 0.778. The van der Waals surface area contributed by atoms with Gasteiger partial charge < -0.3 is 15.4 Å². The zero-order valence-corrected chi connectivity index (χ0v) is 7.94. The molecule has 2 fully saturated rings. The average Bonchev–Trinajstić information content (AvgIpc) is 2.81. The molecule has 1 heterocycles. The van der Waals surface area contributed by atoms with E-state index in [1.807, 2.05) is 0 Å². The van der Waals surface area contributed by atoms with E-state index in [-0.39, 0.29) is 12.1 Å². The number of rotatable bonds is 2. The van der Waals surface area contributed by atoms with Crippen molar-refractivity contribution in [2.45, 2.75) is 37.8 Å². The van der Waals surface area contributed by atoms with Crippen molar-refractivity contribution in [2.24, 2.45) is 5.73 Å². The van der Waals surface area contributed by atoms with E-state index < -0.39 is 12.1 Å². The fourth-order valence-electron chi connectivity index (χ4n) is 1.70. The molecule has 2 rings (SSSR count). The van der Waals surface area contributed by atoms with E-state index in [0.717, 1.165) is 19.3 Å². The number of nitrogens with zero attached hydrogens (tertiary/aromatic N) is 1. The number of primary amides is 1. The van der Waals surface area contributed by atoms with Crippen LogP contribution in [0.25, 0.3) is 0 Å². The molecular weight excluding hydrogens is 184 g/mol. The van der Waals surface area contributed by atoms with Gasteiger partial charge in [0.25, 0.3) is 0 Å². The molecule has 0 aromatic heterocycles. The molecule has 0 radical (unpaired) electrons. The quantitative estimate of drug-likeness (QED) is 0.646. The van der Waals surface area contributed by atoms with E-state index in [1.54, 1.807) is 0 Å². The van der Waals surface area contributed by atoms with E-state index in [1.165, 1.54) is 4.90 Å². The van der Waals surface area contributed by atoms with Crippen LogP contribution < -0.4 is 5.73 Å². The first-order valence-electron chi connectivity index (χ1n) is 4.95. The van der Waals surface area contributed by atoms with Crippen molar-refractivity contribution in [3.05, 3.63) is 0 Å². The molecule has 2 aliphatic rings. The largest absolute Gasteiger partial charge is 0.461 e.